The fourth-order valence-corrected chi connectivity index (χ4v) is 3.23. The number of hydrogen-bond donors (Lipinski definition) is 1. The van der Waals surface area contributed by atoms with Gasteiger partial charge >= 0.3 is 0 Å². The van der Waals surface area contributed by atoms with Crippen LogP contribution in [-0.4, -0.2) is 31.1 Å². The summed E-state index contributed by atoms with van der Waals surface area (Å²) >= 11 is 0. The first-order valence-corrected chi connectivity index (χ1v) is 6.86. The van der Waals surface area contributed by atoms with E-state index in [1.54, 1.807) is 0 Å². The Kier molecular flexibility index (Phi) is 4.42. The molecule has 16 heavy (non-hydrogen) atoms. The van der Waals surface area contributed by atoms with Gasteiger partial charge in [0.15, 0.2) is 0 Å². The molecular weight excluding hydrogens is 196 g/mol. The molecule has 0 spiro atoms. The molecule has 0 aromatic rings. The van der Waals surface area contributed by atoms with Crippen molar-refractivity contribution in [2.45, 2.75) is 44.6 Å². The SMILES string of the molecule is CN(CC1C=CC(N)C1)CC1CCCCC1. The maximum Gasteiger partial charge on any atom is 0.0229 e. The van der Waals surface area contributed by atoms with E-state index in [0.29, 0.717) is 12.0 Å². The molecule has 0 aromatic carbocycles. The van der Waals surface area contributed by atoms with Gasteiger partial charge in [-0.05, 0) is 38.1 Å². The topological polar surface area (TPSA) is 29.3 Å². The summed E-state index contributed by atoms with van der Waals surface area (Å²) in [6, 6.07) is 0.313. The monoisotopic (exact) mass is 222 g/mol. The number of hydrogen-bond acceptors (Lipinski definition) is 2. The average molecular weight is 222 g/mol. The van der Waals surface area contributed by atoms with Crippen LogP contribution in [0.2, 0.25) is 0 Å². The van der Waals surface area contributed by atoms with E-state index < -0.39 is 0 Å². The van der Waals surface area contributed by atoms with Crippen LogP contribution in [-0.2, 0) is 0 Å². The van der Waals surface area contributed by atoms with Crippen LogP contribution in [0.25, 0.3) is 0 Å². The fourth-order valence-electron chi connectivity index (χ4n) is 3.23. The van der Waals surface area contributed by atoms with Crippen LogP contribution < -0.4 is 5.73 Å². The van der Waals surface area contributed by atoms with E-state index in [2.05, 4.69) is 24.1 Å². The van der Waals surface area contributed by atoms with E-state index >= 15 is 0 Å². The van der Waals surface area contributed by atoms with Gasteiger partial charge in [-0.15, -0.1) is 0 Å². The van der Waals surface area contributed by atoms with Crippen LogP contribution in [0.5, 0.6) is 0 Å². The molecule has 2 nitrogen and oxygen atoms in total. The minimum atomic E-state index is 0.313. The van der Waals surface area contributed by atoms with Crippen molar-refractivity contribution in [3.63, 3.8) is 0 Å². The highest BCUT2D eigenvalue weighted by atomic mass is 15.1. The lowest BCUT2D eigenvalue weighted by atomic mass is 9.89. The van der Waals surface area contributed by atoms with Crippen molar-refractivity contribution < 1.29 is 0 Å². The van der Waals surface area contributed by atoms with Gasteiger partial charge in [-0.25, -0.2) is 0 Å². The van der Waals surface area contributed by atoms with E-state index in [-0.39, 0.29) is 0 Å². The lowest BCUT2D eigenvalue weighted by Crippen LogP contribution is -2.31. The summed E-state index contributed by atoms with van der Waals surface area (Å²) in [5.74, 6) is 1.65. The van der Waals surface area contributed by atoms with Crippen LogP contribution in [0, 0.1) is 11.8 Å². The van der Waals surface area contributed by atoms with Crippen molar-refractivity contribution in [3.05, 3.63) is 12.2 Å². The average Bonchev–Trinajstić information content (AvgIpc) is 2.65. The lowest BCUT2D eigenvalue weighted by Gasteiger charge is -2.28. The third-order valence-corrected chi connectivity index (χ3v) is 4.05. The lowest BCUT2D eigenvalue weighted by molar-refractivity contribution is 0.217. The molecular formula is C14H26N2. The molecule has 92 valence electrons. The summed E-state index contributed by atoms with van der Waals surface area (Å²) in [4.78, 5) is 2.52. The largest absolute Gasteiger partial charge is 0.324 e. The third kappa shape index (κ3) is 3.60. The molecule has 2 rings (SSSR count). The molecule has 2 aliphatic rings. The molecule has 2 atom stereocenters. The summed E-state index contributed by atoms with van der Waals surface area (Å²) in [6.07, 6.45) is 12.9. The molecule has 0 aromatic heterocycles. The second kappa shape index (κ2) is 5.83. The van der Waals surface area contributed by atoms with E-state index in [4.69, 9.17) is 5.73 Å². The molecule has 0 saturated heterocycles. The standard InChI is InChI=1S/C14H26N2/c1-16(10-12-5-3-2-4-6-12)11-13-7-8-14(15)9-13/h7-8,12-14H,2-6,9-11,15H2,1H3. The zero-order valence-electron chi connectivity index (χ0n) is 10.6. The van der Waals surface area contributed by atoms with Crippen molar-refractivity contribution in [1.82, 2.24) is 4.90 Å². The Balaban J connectivity index is 1.67. The van der Waals surface area contributed by atoms with Crippen molar-refractivity contribution in [2.75, 3.05) is 20.1 Å². The van der Waals surface area contributed by atoms with Gasteiger partial charge in [0.2, 0.25) is 0 Å². The highest BCUT2D eigenvalue weighted by Gasteiger charge is 2.20. The number of rotatable bonds is 4. The smallest absolute Gasteiger partial charge is 0.0229 e. The second-order valence-corrected chi connectivity index (χ2v) is 5.77. The zero-order chi connectivity index (χ0) is 11.4. The van der Waals surface area contributed by atoms with Crippen molar-refractivity contribution in [1.29, 1.82) is 0 Å². The van der Waals surface area contributed by atoms with Crippen LogP contribution in [0.1, 0.15) is 38.5 Å². The van der Waals surface area contributed by atoms with Gasteiger partial charge in [-0.2, -0.15) is 0 Å². The van der Waals surface area contributed by atoms with E-state index in [9.17, 15) is 0 Å². The minimum absolute atomic E-state index is 0.313. The van der Waals surface area contributed by atoms with Gasteiger partial charge in [0, 0.05) is 19.1 Å². The predicted molar refractivity (Wildman–Crippen MR) is 69.3 cm³/mol. The quantitative estimate of drug-likeness (QED) is 0.740. The summed E-state index contributed by atoms with van der Waals surface area (Å²) in [5, 5.41) is 0. The summed E-state index contributed by atoms with van der Waals surface area (Å²) < 4.78 is 0. The summed E-state index contributed by atoms with van der Waals surface area (Å²) in [5.41, 5.74) is 5.88. The minimum Gasteiger partial charge on any atom is -0.324 e. The van der Waals surface area contributed by atoms with Gasteiger partial charge in [-0.3, -0.25) is 0 Å². The Morgan fingerprint density at radius 1 is 1.12 bits per heavy atom. The first-order chi connectivity index (χ1) is 7.74. The summed E-state index contributed by atoms with van der Waals surface area (Å²) in [6.45, 7) is 2.49. The van der Waals surface area contributed by atoms with E-state index in [0.717, 1.165) is 12.3 Å². The van der Waals surface area contributed by atoms with Gasteiger partial charge < -0.3 is 10.6 Å². The Morgan fingerprint density at radius 3 is 2.50 bits per heavy atom. The molecule has 0 aliphatic heterocycles. The molecule has 0 bridgehead atoms. The second-order valence-electron chi connectivity index (χ2n) is 5.77. The molecule has 2 heteroatoms. The van der Waals surface area contributed by atoms with Crippen LogP contribution in [0.3, 0.4) is 0 Å². The van der Waals surface area contributed by atoms with E-state index in [1.807, 2.05) is 0 Å². The highest BCUT2D eigenvalue weighted by molar-refractivity contribution is 5.05. The molecule has 0 amide bonds. The van der Waals surface area contributed by atoms with Crippen LogP contribution >= 0.6 is 0 Å². The van der Waals surface area contributed by atoms with Crippen molar-refractivity contribution >= 4 is 0 Å². The molecule has 2 aliphatic carbocycles. The van der Waals surface area contributed by atoms with Gasteiger partial charge in [0.1, 0.15) is 0 Å². The third-order valence-electron chi connectivity index (χ3n) is 4.05. The van der Waals surface area contributed by atoms with Crippen molar-refractivity contribution in [2.24, 2.45) is 17.6 Å². The molecule has 0 radical (unpaired) electrons. The Bertz CT molecular complexity index is 231. The molecule has 1 fully saturated rings. The molecule has 0 heterocycles. The Labute approximate surface area is 99.9 Å². The number of nitrogens with two attached hydrogens (primary N) is 1. The highest BCUT2D eigenvalue weighted by Crippen LogP contribution is 2.25. The Hall–Kier alpha value is -0.340. The maximum atomic E-state index is 5.88. The molecule has 2 unspecified atom stereocenters. The Morgan fingerprint density at radius 2 is 1.88 bits per heavy atom. The summed E-state index contributed by atoms with van der Waals surface area (Å²) in [7, 11) is 2.27. The first kappa shape index (κ1) is 12.1. The van der Waals surface area contributed by atoms with E-state index in [1.165, 1.54) is 45.2 Å². The first-order valence-electron chi connectivity index (χ1n) is 6.86. The maximum absolute atomic E-state index is 5.88. The normalized spacial score (nSPS) is 31.4. The van der Waals surface area contributed by atoms with Gasteiger partial charge in [-0.1, -0.05) is 31.4 Å². The van der Waals surface area contributed by atoms with Gasteiger partial charge in [0.25, 0.3) is 0 Å². The predicted octanol–water partition coefficient (Wildman–Crippen LogP) is 2.40. The van der Waals surface area contributed by atoms with Gasteiger partial charge in [0.05, 0.1) is 0 Å². The molecule has 2 N–H and O–H groups in total. The van der Waals surface area contributed by atoms with Crippen LogP contribution in [0.15, 0.2) is 12.2 Å². The number of nitrogens with zero attached hydrogens (tertiary/aromatic N) is 1. The van der Waals surface area contributed by atoms with Crippen molar-refractivity contribution in [3.8, 4) is 0 Å². The van der Waals surface area contributed by atoms with Crippen LogP contribution in [0.4, 0.5) is 0 Å². The fraction of sp³-hybridized carbons (Fsp3) is 0.857. The molecule has 1 saturated carbocycles. The zero-order valence-corrected chi connectivity index (χ0v) is 10.6.